The third kappa shape index (κ3) is 7.73. The number of ether oxygens (including phenoxy) is 2. The summed E-state index contributed by atoms with van der Waals surface area (Å²) in [5.74, 6) is 11.6. The van der Waals surface area contributed by atoms with Crippen LogP contribution in [0.5, 0.6) is 0 Å². The van der Waals surface area contributed by atoms with Crippen molar-refractivity contribution in [2.75, 3.05) is 13.2 Å². The van der Waals surface area contributed by atoms with Crippen LogP contribution in [0.2, 0.25) is 0 Å². The van der Waals surface area contributed by atoms with Crippen LogP contribution in [-0.2, 0) is 19.1 Å². The summed E-state index contributed by atoms with van der Waals surface area (Å²) in [7, 11) is 0. The first-order chi connectivity index (χ1) is 14.8. The van der Waals surface area contributed by atoms with Gasteiger partial charge in [-0.2, -0.15) is 0 Å². The van der Waals surface area contributed by atoms with Crippen molar-refractivity contribution in [3.8, 4) is 23.7 Å². The summed E-state index contributed by atoms with van der Waals surface area (Å²) < 4.78 is 10.8. The number of fused-ring (bicyclic) bond motifs is 1. The second kappa shape index (κ2) is 12.5. The van der Waals surface area contributed by atoms with Crippen LogP contribution in [0.1, 0.15) is 59.3 Å². The molecule has 6 heteroatoms. The number of carboxylic acids is 1. The molecule has 2 aliphatic carbocycles. The molecule has 2 rings (SSSR count). The summed E-state index contributed by atoms with van der Waals surface area (Å²) in [4.78, 5) is 22.5. The number of hydrogen-bond acceptors (Lipinski definition) is 5. The lowest BCUT2D eigenvalue weighted by atomic mass is 9.90. The van der Waals surface area contributed by atoms with Gasteiger partial charge >= 0.3 is 11.9 Å². The van der Waals surface area contributed by atoms with E-state index >= 15 is 0 Å². The molecule has 0 aliphatic heterocycles. The highest BCUT2D eigenvalue weighted by molar-refractivity contribution is 5.69. The third-order valence-electron chi connectivity index (χ3n) is 5.97. The number of rotatable bonds is 8. The molecule has 2 N–H and O–H groups in total. The van der Waals surface area contributed by atoms with Crippen molar-refractivity contribution in [2.45, 2.75) is 71.5 Å². The van der Waals surface area contributed by atoms with Gasteiger partial charge in [-0.15, -0.1) is 11.8 Å². The van der Waals surface area contributed by atoms with Crippen LogP contribution < -0.4 is 0 Å². The van der Waals surface area contributed by atoms with Crippen molar-refractivity contribution in [3.05, 3.63) is 11.6 Å². The molecule has 6 atom stereocenters. The van der Waals surface area contributed by atoms with Crippen molar-refractivity contribution in [1.82, 2.24) is 0 Å². The lowest BCUT2D eigenvalue weighted by Crippen LogP contribution is -2.25. The SMILES string of the molecule is CCC#CC[C@H](C)[C@H](O)C#C[C@@H]1[C@H]2CC(=CCOCC(=O)O)C[C@H]2C[C@H]1OC(=O)CC. The second-order valence-electron chi connectivity index (χ2n) is 8.37. The summed E-state index contributed by atoms with van der Waals surface area (Å²) in [6.07, 6.45) is 5.13. The molecule has 0 unspecified atom stereocenters. The molecule has 2 fully saturated rings. The van der Waals surface area contributed by atoms with Crippen molar-refractivity contribution in [3.63, 3.8) is 0 Å². The summed E-state index contributed by atoms with van der Waals surface area (Å²) in [6, 6.07) is 0. The summed E-state index contributed by atoms with van der Waals surface area (Å²) >= 11 is 0. The number of hydrogen-bond donors (Lipinski definition) is 2. The third-order valence-corrected chi connectivity index (χ3v) is 5.97. The van der Waals surface area contributed by atoms with E-state index in [0.29, 0.717) is 18.8 Å². The molecular weight excluding hydrogens is 396 g/mol. The number of esters is 1. The molecule has 0 amide bonds. The van der Waals surface area contributed by atoms with Gasteiger partial charge in [0.15, 0.2) is 0 Å². The zero-order valence-corrected chi connectivity index (χ0v) is 18.7. The van der Waals surface area contributed by atoms with Gasteiger partial charge in [-0.05, 0) is 31.1 Å². The maximum absolute atomic E-state index is 11.9. The highest BCUT2D eigenvalue weighted by Crippen LogP contribution is 2.50. The minimum Gasteiger partial charge on any atom is -0.480 e. The van der Waals surface area contributed by atoms with Gasteiger partial charge in [0.2, 0.25) is 0 Å². The Morgan fingerprint density at radius 1 is 1.26 bits per heavy atom. The molecule has 2 aliphatic rings. The Bertz CT molecular complexity index is 777. The molecular formula is C25H34O6. The maximum Gasteiger partial charge on any atom is 0.329 e. The van der Waals surface area contributed by atoms with E-state index in [4.69, 9.17) is 14.6 Å². The fourth-order valence-corrected chi connectivity index (χ4v) is 4.30. The minimum atomic E-state index is -0.980. The zero-order chi connectivity index (χ0) is 22.8. The first kappa shape index (κ1) is 25.0. The van der Waals surface area contributed by atoms with E-state index in [1.165, 1.54) is 5.57 Å². The van der Waals surface area contributed by atoms with Crippen LogP contribution in [0.15, 0.2) is 11.6 Å². The molecule has 2 saturated carbocycles. The number of carbonyl (C=O) groups excluding carboxylic acids is 1. The van der Waals surface area contributed by atoms with Gasteiger partial charge in [0.05, 0.1) is 12.5 Å². The van der Waals surface area contributed by atoms with E-state index in [1.54, 1.807) is 6.92 Å². The zero-order valence-electron chi connectivity index (χ0n) is 18.7. The first-order valence-corrected chi connectivity index (χ1v) is 11.2. The molecule has 31 heavy (non-hydrogen) atoms. The number of carboxylic acid groups (broad SMARTS) is 1. The standard InChI is InChI=1S/C25H34O6/c1-4-6-7-8-17(3)22(26)10-9-20-21-14-18(11-12-30-16-24(27)28)13-19(21)15-23(20)31-25(29)5-2/h11,17,19-23,26H,4-5,8,12-16H2,1-3H3,(H,27,28)/t17-,19-,20+,21-,22+,23+/m0/s1. The smallest absolute Gasteiger partial charge is 0.329 e. The Labute approximate surface area is 185 Å². The fraction of sp³-hybridized carbons (Fsp3) is 0.680. The molecule has 0 aromatic rings. The van der Waals surface area contributed by atoms with Gasteiger partial charge < -0.3 is 19.7 Å². The number of aliphatic hydroxyl groups is 1. The molecule has 0 bridgehead atoms. The Morgan fingerprint density at radius 3 is 2.71 bits per heavy atom. The molecule has 0 radical (unpaired) electrons. The Balaban J connectivity index is 2.06. The van der Waals surface area contributed by atoms with Crippen LogP contribution in [0.4, 0.5) is 0 Å². The predicted octanol–water partition coefficient (Wildman–Crippen LogP) is 3.19. The van der Waals surface area contributed by atoms with E-state index in [2.05, 4.69) is 23.7 Å². The molecule has 170 valence electrons. The van der Waals surface area contributed by atoms with Crippen LogP contribution >= 0.6 is 0 Å². The van der Waals surface area contributed by atoms with Gasteiger partial charge in [-0.25, -0.2) is 4.79 Å². The highest BCUT2D eigenvalue weighted by atomic mass is 16.5. The van der Waals surface area contributed by atoms with Crippen molar-refractivity contribution in [1.29, 1.82) is 0 Å². The normalized spacial score (nSPS) is 27.4. The Hall–Kier alpha value is -2.28. The Morgan fingerprint density at radius 2 is 2.03 bits per heavy atom. The average molecular weight is 431 g/mol. The number of allylic oxidation sites excluding steroid dienone is 1. The van der Waals surface area contributed by atoms with Gasteiger partial charge in [0.1, 0.15) is 18.8 Å². The lowest BCUT2D eigenvalue weighted by Gasteiger charge is -2.20. The van der Waals surface area contributed by atoms with Crippen LogP contribution in [0, 0.1) is 47.4 Å². The first-order valence-electron chi connectivity index (χ1n) is 11.2. The predicted molar refractivity (Wildman–Crippen MR) is 117 cm³/mol. The quantitative estimate of drug-likeness (QED) is 0.266. The lowest BCUT2D eigenvalue weighted by molar-refractivity contribution is -0.149. The summed E-state index contributed by atoms with van der Waals surface area (Å²) in [5.41, 5.74) is 1.23. The van der Waals surface area contributed by atoms with E-state index in [-0.39, 0.29) is 43.0 Å². The average Bonchev–Trinajstić information content (AvgIpc) is 3.26. The van der Waals surface area contributed by atoms with E-state index in [1.807, 2.05) is 19.9 Å². The number of aliphatic hydroxyl groups excluding tert-OH is 1. The second-order valence-corrected chi connectivity index (χ2v) is 8.37. The molecule has 0 aromatic heterocycles. The monoisotopic (exact) mass is 430 g/mol. The van der Waals surface area contributed by atoms with Crippen LogP contribution in [-0.4, -0.2) is 47.6 Å². The van der Waals surface area contributed by atoms with Gasteiger partial charge in [-0.1, -0.05) is 44.3 Å². The van der Waals surface area contributed by atoms with Gasteiger partial charge in [0, 0.05) is 25.2 Å². The molecule has 6 nitrogen and oxygen atoms in total. The van der Waals surface area contributed by atoms with Crippen LogP contribution in [0.25, 0.3) is 0 Å². The minimum absolute atomic E-state index is 0.0502. The Kier molecular flexibility index (Phi) is 10.1. The van der Waals surface area contributed by atoms with E-state index in [0.717, 1.165) is 25.7 Å². The topological polar surface area (TPSA) is 93.1 Å². The molecule has 0 spiro atoms. The molecule has 0 heterocycles. The van der Waals surface area contributed by atoms with Gasteiger partial charge in [-0.3, -0.25) is 4.79 Å². The van der Waals surface area contributed by atoms with Crippen molar-refractivity contribution < 1.29 is 29.3 Å². The fourth-order valence-electron chi connectivity index (χ4n) is 4.30. The molecule has 0 aromatic carbocycles. The van der Waals surface area contributed by atoms with Crippen LogP contribution in [0.3, 0.4) is 0 Å². The van der Waals surface area contributed by atoms with E-state index in [9.17, 15) is 14.7 Å². The van der Waals surface area contributed by atoms with Crippen molar-refractivity contribution >= 4 is 11.9 Å². The van der Waals surface area contributed by atoms with E-state index < -0.39 is 12.1 Å². The number of carbonyl (C=O) groups is 2. The largest absolute Gasteiger partial charge is 0.480 e. The maximum atomic E-state index is 11.9. The highest BCUT2D eigenvalue weighted by Gasteiger charge is 2.47. The number of aliphatic carboxylic acids is 1. The van der Waals surface area contributed by atoms with Crippen molar-refractivity contribution in [2.24, 2.45) is 23.7 Å². The summed E-state index contributed by atoms with van der Waals surface area (Å²) in [6.45, 7) is 5.67. The molecule has 0 saturated heterocycles. The summed E-state index contributed by atoms with van der Waals surface area (Å²) in [5, 5.41) is 19.1. The van der Waals surface area contributed by atoms with Gasteiger partial charge in [0.25, 0.3) is 0 Å².